The number of rotatable bonds is 1. The summed E-state index contributed by atoms with van der Waals surface area (Å²) in [7, 11) is -2.97. The van der Waals surface area contributed by atoms with E-state index in [1.165, 1.54) is 0 Å². The molecule has 0 saturated carbocycles. The number of nitrogens with one attached hydrogen (secondary N) is 1. The molecule has 1 aromatic carbocycles. The SMILES string of the molecule is Nc1cc2oc(=O)[nH]c2cc1N1CCCS(=O)(=O)CC1. The zero-order chi connectivity index (χ0) is 14.3. The Kier molecular flexibility index (Phi) is 2.97. The van der Waals surface area contributed by atoms with Crippen molar-refractivity contribution in [2.24, 2.45) is 0 Å². The Morgan fingerprint density at radius 2 is 2.05 bits per heavy atom. The first-order chi connectivity index (χ1) is 9.44. The van der Waals surface area contributed by atoms with Crippen molar-refractivity contribution in [1.29, 1.82) is 0 Å². The normalized spacial score (nSPS) is 19.1. The molecule has 20 heavy (non-hydrogen) atoms. The van der Waals surface area contributed by atoms with Crippen molar-refractivity contribution in [3.63, 3.8) is 0 Å². The molecule has 0 aliphatic carbocycles. The molecular weight excluding hydrogens is 282 g/mol. The fraction of sp³-hybridized carbons (Fsp3) is 0.417. The van der Waals surface area contributed by atoms with Gasteiger partial charge in [0.05, 0.1) is 28.4 Å². The third-order valence-electron chi connectivity index (χ3n) is 3.46. The van der Waals surface area contributed by atoms with Crippen molar-refractivity contribution < 1.29 is 12.8 Å². The molecule has 0 unspecified atom stereocenters. The van der Waals surface area contributed by atoms with Crippen LogP contribution in [0, 0.1) is 0 Å². The smallest absolute Gasteiger partial charge is 0.408 e. The Morgan fingerprint density at radius 3 is 2.85 bits per heavy atom. The highest BCUT2D eigenvalue weighted by atomic mass is 32.2. The van der Waals surface area contributed by atoms with E-state index in [4.69, 9.17) is 10.2 Å². The molecule has 3 N–H and O–H groups in total. The van der Waals surface area contributed by atoms with Crippen molar-refractivity contribution in [1.82, 2.24) is 4.98 Å². The van der Waals surface area contributed by atoms with Gasteiger partial charge in [-0.2, -0.15) is 0 Å². The number of hydrogen-bond donors (Lipinski definition) is 2. The van der Waals surface area contributed by atoms with Crippen LogP contribution in [0.3, 0.4) is 0 Å². The van der Waals surface area contributed by atoms with E-state index in [0.717, 1.165) is 5.69 Å². The minimum atomic E-state index is -2.97. The lowest BCUT2D eigenvalue weighted by Gasteiger charge is -2.23. The molecule has 2 aromatic rings. The second-order valence-electron chi connectivity index (χ2n) is 4.91. The van der Waals surface area contributed by atoms with Crippen molar-refractivity contribution in [2.75, 3.05) is 35.2 Å². The Labute approximate surface area is 115 Å². The third kappa shape index (κ3) is 2.38. The standard InChI is InChI=1S/C12H15N3O4S/c13-8-6-11-9(14-12(16)19-11)7-10(8)15-2-1-4-20(17,18)5-3-15/h6-7H,1-5,13H2,(H,14,16). The average molecular weight is 297 g/mol. The maximum atomic E-state index is 11.6. The van der Waals surface area contributed by atoms with Gasteiger partial charge in [0, 0.05) is 19.2 Å². The van der Waals surface area contributed by atoms with Crippen molar-refractivity contribution >= 4 is 32.3 Å². The van der Waals surface area contributed by atoms with E-state index in [9.17, 15) is 13.2 Å². The lowest BCUT2D eigenvalue weighted by Crippen LogP contribution is -2.27. The molecule has 2 heterocycles. The third-order valence-corrected chi connectivity index (χ3v) is 5.18. The number of oxazole rings is 1. The molecule has 1 aromatic heterocycles. The fourth-order valence-corrected chi connectivity index (χ4v) is 3.73. The Morgan fingerprint density at radius 1 is 1.25 bits per heavy atom. The van der Waals surface area contributed by atoms with E-state index in [2.05, 4.69) is 4.98 Å². The summed E-state index contributed by atoms with van der Waals surface area (Å²) in [5.74, 6) is -0.212. The van der Waals surface area contributed by atoms with Gasteiger partial charge in [0.25, 0.3) is 0 Å². The maximum Gasteiger partial charge on any atom is 0.417 e. The summed E-state index contributed by atoms with van der Waals surface area (Å²) in [6, 6.07) is 3.31. The minimum Gasteiger partial charge on any atom is -0.408 e. The quantitative estimate of drug-likeness (QED) is 0.734. The number of sulfone groups is 1. The molecule has 0 spiro atoms. The number of aromatic amines is 1. The van der Waals surface area contributed by atoms with Gasteiger partial charge in [0.2, 0.25) is 0 Å². The highest BCUT2D eigenvalue weighted by Gasteiger charge is 2.21. The summed E-state index contributed by atoms with van der Waals surface area (Å²) < 4.78 is 28.2. The molecule has 8 heteroatoms. The predicted molar refractivity (Wildman–Crippen MR) is 76.7 cm³/mol. The molecule has 1 aliphatic heterocycles. The molecule has 3 rings (SSSR count). The van der Waals surface area contributed by atoms with Gasteiger partial charge in [0.1, 0.15) is 0 Å². The number of hydrogen-bond acceptors (Lipinski definition) is 6. The van der Waals surface area contributed by atoms with E-state index < -0.39 is 15.6 Å². The van der Waals surface area contributed by atoms with E-state index in [1.54, 1.807) is 12.1 Å². The lowest BCUT2D eigenvalue weighted by molar-refractivity contribution is 0.555. The first kappa shape index (κ1) is 13.0. The lowest BCUT2D eigenvalue weighted by atomic mass is 10.2. The van der Waals surface area contributed by atoms with Crippen LogP contribution in [0.1, 0.15) is 6.42 Å². The number of nitrogens with zero attached hydrogens (tertiary/aromatic N) is 1. The van der Waals surface area contributed by atoms with Crippen LogP contribution < -0.4 is 16.4 Å². The van der Waals surface area contributed by atoms with Gasteiger partial charge in [-0.1, -0.05) is 0 Å². The van der Waals surface area contributed by atoms with Crippen molar-refractivity contribution in [3.8, 4) is 0 Å². The molecule has 0 bridgehead atoms. The van der Waals surface area contributed by atoms with Gasteiger partial charge in [-0.15, -0.1) is 0 Å². The van der Waals surface area contributed by atoms with Gasteiger partial charge < -0.3 is 15.1 Å². The summed E-state index contributed by atoms with van der Waals surface area (Å²) >= 11 is 0. The van der Waals surface area contributed by atoms with Crippen LogP contribution in [0.5, 0.6) is 0 Å². The molecule has 0 radical (unpaired) electrons. The number of aromatic nitrogens is 1. The van der Waals surface area contributed by atoms with Gasteiger partial charge in [-0.3, -0.25) is 4.98 Å². The monoisotopic (exact) mass is 297 g/mol. The molecule has 108 valence electrons. The summed E-state index contributed by atoms with van der Waals surface area (Å²) in [4.78, 5) is 15.7. The number of H-pyrrole nitrogens is 1. The average Bonchev–Trinajstić information content (AvgIpc) is 2.61. The number of nitrogen functional groups attached to an aromatic ring is 1. The van der Waals surface area contributed by atoms with E-state index in [0.29, 0.717) is 36.3 Å². The highest BCUT2D eigenvalue weighted by Crippen LogP contribution is 2.28. The van der Waals surface area contributed by atoms with Gasteiger partial charge in [-0.25, -0.2) is 13.2 Å². The first-order valence-corrected chi connectivity index (χ1v) is 8.14. The first-order valence-electron chi connectivity index (χ1n) is 6.32. The molecule has 1 saturated heterocycles. The van der Waals surface area contributed by atoms with Crippen LogP contribution in [-0.4, -0.2) is 38.0 Å². The Bertz CT molecular complexity index is 806. The van der Waals surface area contributed by atoms with E-state index in [1.807, 2.05) is 4.90 Å². The number of benzene rings is 1. The van der Waals surface area contributed by atoms with Crippen molar-refractivity contribution in [2.45, 2.75) is 6.42 Å². The van der Waals surface area contributed by atoms with Crippen LogP contribution in [0.4, 0.5) is 11.4 Å². The highest BCUT2D eigenvalue weighted by molar-refractivity contribution is 7.91. The number of anilines is 2. The van der Waals surface area contributed by atoms with Crippen LogP contribution in [0.2, 0.25) is 0 Å². The molecule has 1 aliphatic rings. The fourth-order valence-electron chi connectivity index (χ4n) is 2.45. The summed E-state index contributed by atoms with van der Waals surface area (Å²) in [5.41, 5.74) is 8.14. The topological polar surface area (TPSA) is 109 Å². The predicted octanol–water partition coefficient (Wildman–Crippen LogP) is 0.328. The largest absolute Gasteiger partial charge is 0.417 e. The molecule has 7 nitrogen and oxygen atoms in total. The van der Waals surface area contributed by atoms with Crippen LogP contribution >= 0.6 is 0 Å². The maximum absolute atomic E-state index is 11.6. The Hall–Kier alpha value is -1.96. The molecular formula is C12H15N3O4S. The van der Waals surface area contributed by atoms with Crippen LogP contribution in [0.25, 0.3) is 11.1 Å². The zero-order valence-electron chi connectivity index (χ0n) is 10.8. The van der Waals surface area contributed by atoms with Gasteiger partial charge in [-0.05, 0) is 12.5 Å². The van der Waals surface area contributed by atoms with Crippen LogP contribution in [-0.2, 0) is 9.84 Å². The van der Waals surface area contributed by atoms with E-state index >= 15 is 0 Å². The minimum absolute atomic E-state index is 0.117. The van der Waals surface area contributed by atoms with Gasteiger partial charge >= 0.3 is 5.76 Å². The molecule has 0 amide bonds. The van der Waals surface area contributed by atoms with Crippen LogP contribution in [0.15, 0.2) is 21.3 Å². The second kappa shape index (κ2) is 4.55. The van der Waals surface area contributed by atoms with Crippen molar-refractivity contribution in [3.05, 3.63) is 22.7 Å². The zero-order valence-corrected chi connectivity index (χ0v) is 11.6. The summed E-state index contributed by atoms with van der Waals surface area (Å²) in [6.07, 6.45) is 0.571. The number of fused-ring (bicyclic) bond motifs is 1. The summed E-state index contributed by atoms with van der Waals surface area (Å²) in [6.45, 7) is 1.02. The number of nitrogens with two attached hydrogens (primary N) is 1. The molecule has 0 atom stereocenters. The Balaban J connectivity index is 2.00. The van der Waals surface area contributed by atoms with E-state index in [-0.39, 0.29) is 11.5 Å². The molecule has 1 fully saturated rings. The second-order valence-corrected chi connectivity index (χ2v) is 7.22. The van der Waals surface area contributed by atoms with Gasteiger partial charge in [0.15, 0.2) is 15.4 Å². The summed E-state index contributed by atoms with van der Waals surface area (Å²) in [5, 5.41) is 0.